The van der Waals surface area contributed by atoms with Gasteiger partial charge in [-0.15, -0.1) is 0 Å². The van der Waals surface area contributed by atoms with Crippen LogP contribution in [0.5, 0.6) is 0 Å². The Bertz CT molecular complexity index is 586. The second kappa shape index (κ2) is 8.74. The highest BCUT2D eigenvalue weighted by Crippen LogP contribution is 2.36. The second-order valence-corrected chi connectivity index (χ2v) is 5.42. The summed E-state index contributed by atoms with van der Waals surface area (Å²) in [6.45, 7) is 0. The van der Waals surface area contributed by atoms with Crippen molar-refractivity contribution in [3.05, 3.63) is 33.8 Å². The van der Waals surface area contributed by atoms with Gasteiger partial charge in [0.2, 0.25) is 0 Å². The largest absolute Gasteiger partial charge is 0.469 e. The topological polar surface area (TPSA) is 78.9 Å². The summed E-state index contributed by atoms with van der Waals surface area (Å²) in [6, 6.07) is 4.53. The number of benzene rings is 1. The smallest absolute Gasteiger partial charge is 0.320 e. The van der Waals surface area contributed by atoms with Gasteiger partial charge in [0.15, 0.2) is 5.92 Å². The first-order valence-corrected chi connectivity index (χ1v) is 7.28. The van der Waals surface area contributed by atoms with Crippen LogP contribution in [0.15, 0.2) is 18.2 Å². The van der Waals surface area contributed by atoms with E-state index in [9.17, 15) is 14.4 Å². The summed E-state index contributed by atoms with van der Waals surface area (Å²) in [5.41, 5.74) is 0.391. The minimum atomic E-state index is -1.36. The number of carbonyl (C=O) groups is 3. The van der Waals surface area contributed by atoms with Gasteiger partial charge < -0.3 is 14.2 Å². The molecular formula is C15H16Cl2O6. The zero-order valence-corrected chi connectivity index (χ0v) is 14.3. The predicted octanol–water partition coefficient (Wildman–Crippen LogP) is 2.60. The molecule has 0 amide bonds. The molecule has 0 aliphatic carbocycles. The highest BCUT2D eigenvalue weighted by atomic mass is 35.5. The summed E-state index contributed by atoms with van der Waals surface area (Å²) < 4.78 is 13.9. The van der Waals surface area contributed by atoms with Gasteiger partial charge in [-0.05, 0) is 17.7 Å². The van der Waals surface area contributed by atoms with Crippen LogP contribution in [0.1, 0.15) is 17.9 Å². The Hall–Kier alpha value is -1.79. The molecule has 6 nitrogen and oxygen atoms in total. The summed E-state index contributed by atoms with van der Waals surface area (Å²) >= 11 is 12.0. The summed E-state index contributed by atoms with van der Waals surface area (Å²) in [6.07, 6.45) is -0.257. The third kappa shape index (κ3) is 4.84. The third-order valence-electron chi connectivity index (χ3n) is 3.29. The number of carbonyl (C=O) groups excluding carboxylic acids is 3. The van der Waals surface area contributed by atoms with Gasteiger partial charge in [-0.25, -0.2) is 0 Å². The molecule has 0 radical (unpaired) electrons. The standard InChI is InChI=1S/C15H16Cl2O6/c1-21-12(18)7-10(9-5-4-8(16)6-11(9)17)13(14(19)22-2)15(20)23-3/h4-6,10,13H,7H2,1-3H3. The highest BCUT2D eigenvalue weighted by molar-refractivity contribution is 6.35. The van der Waals surface area contributed by atoms with Crippen molar-refractivity contribution in [1.29, 1.82) is 0 Å². The number of ether oxygens (including phenoxy) is 3. The summed E-state index contributed by atoms with van der Waals surface area (Å²) in [5, 5.41) is 0.590. The van der Waals surface area contributed by atoms with Crippen molar-refractivity contribution in [2.24, 2.45) is 5.92 Å². The lowest BCUT2D eigenvalue weighted by atomic mass is 9.83. The van der Waals surface area contributed by atoms with Gasteiger partial charge in [-0.1, -0.05) is 29.3 Å². The number of halogens is 2. The molecule has 1 aromatic carbocycles. The molecule has 1 rings (SSSR count). The Kier molecular flexibility index (Phi) is 7.32. The number of methoxy groups -OCH3 is 3. The minimum absolute atomic E-state index is 0.212. The van der Waals surface area contributed by atoms with E-state index in [1.807, 2.05) is 0 Å². The van der Waals surface area contributed by atoms with Crippen molar-refractivity contribution in [3.8, 4) is 0 Å². The van der Waals surface area contributed by atoms with Gasteiger partial charge in [-0.2, -0.15) is 0 Å². The minimum Gasteiger partial charge on any atom is -0.469 e. The molecule has 1 unspecified atom stereocenters. The second-order valence-electron chi connectivity index (χ2n) is 4.58. The number of esters is 3. The van der Waals surface area contributed by atoms with E-state index in [0.29, 0.717) is 10.6 Å². The van der Waals surface area contributed by atoms with Crippen LogP contribution in [-0.4, -0.2) is 39.2 Å². The fourth-order valence-electron chi connectivity index (χ4n) is 2.15. The van der Waals surface area contributed by atoms with E-state index in [1.165, 1.54) is 19.2 Å². The van der Waals surface area contributed by atoms with E-state index in [0.717, 1.165) is 14.2 Å². The van der Waals surface area contributed by atoms with Crippen molar-refractivity contribution in [2.75, 3.05) is 21.3 Å². The van der Waals surface area contributed by atoms with Crippen LogP contribution < -0.4 is 0 Å². The van der Waals surface area contributed by atoms with Crippen LogP contribution in [0.3, 0.4) is 0 Å². The van der Waals surface area contributed by atoms with E-state index in [-0.39, 0.29) is 11.4 Å². The maximum absolute atomic E-state index is 12.0. The fraction of sp³-hybridized carbons (Fsp3) is 0.400. The average molecular weight is 363 g/mol. The Morgan fingerprint density at radius 1 is 1.00 bits per heavy atom. The van der Waals surface area contributed by atoms with E-state index >= 15 is 0 Å². The fourth-order valence-corrected chi connectivity index (χ4v) is 2.70. The SMILES string of the molecule is COC(=O)CC(c1ccc(Cl)cc1Cl)C(C(=O)OC)C(=O)OC. The van der Waals surface area contributed by atoms with Crippen molar-refractivity contribution in [1.82, 2.24) is 0 Å². The van der Waals surface area contributed by atoms with Gasteiger partial charge in [0.25, 0.3) is 0 Å². The van der Waals surface area contributed by atoms with Crippen LogP contribution in [0.2, 0.25) is 10.0 Å². The molecule has 0 aromatic heterocycles. The first-order valence-electron chi connectivity index (χ1n) is 6.53. The molecule has 0 saturated carbocycles. The van der Waals surface area contributed by atoms with Crippen molar-refractivity contribution in [2.45, 2.75) is 12.3 Å². The molecule has 0 aliphatic heterocycles. The Balaban J connectivity index is 3.39. The number of rotatable bonds is 6. The van der Waals surface area contributed by atoms with E-state index in [4.69, 9.17) is 23.2 Å². The first kappa shape index (κ1) is 19.3. The lowest BCUT2D eigenvalue weighted by molar-refractivity contribution is -0.160. The zero-order chi connectivity index (χ0) is 17.6. The molecule has 23 heavy (non-hydrogen) atoms. The van der Waals surface area contributed by atoms with Crippen LogP contribution in [0, 0.1) is 5.92 Å². The van der Waals surface area contributed by atoms with Crippen molar-refractivity contribution >= 4 is 41.1 Å². The molecule has 0 N–H and O–H groups in total. The van der Waals surface area contributed by atoms with Crippen LogP contribution in [-0.2, 0) is 28.6 Å². The molecular weight excluding hydrogens is 347 g/mol. The molecule has 1 aromatic rings. The van der Waals surface area contributed by atoms with E-state index in [1.54, 1.807) is 6.07 Å². The molecule has 0 saturated heterocycles. The third-order valence-corrected chi connectivity index (χ3v) is 3.85. The molecule has 1 atom stereocenters. The number of hydrogen-bond donors (Lipinski definition) is 0. The van der Waals surface area contributed by atoms with Gasteiger partial charge >= 0.3 is 17.9 Å². The Morgan fingerprint density at radius 3 is 2.00 bits per heavy atom. The monoisotopic (exact) mass is 362 g/mol. The zero-order valence-electron chi connectivity index (χ0n) is 12.8. The van der Waals surface area contributed by atoms with E-state index in [2.05, 4.69) is 14.2 Å². The highest BCUT2D eigenvalue weighted by Gasteiger charge is 2.40. The van der Waals surface area contributed by atoms with Crippen molar-refractivity contribution in [3.63, 3.8) is 0 Å². The average Bonchev–Trinajstić information content (AvgIpc) is 2.53. The lowest BCUT2D eigenvalue weighted by Crippen LogP contribution is -2.33. The maximum Gasteiger partial charge on any atom is 0.320 e. The predicted molar refractivity (Wildman–Crippen MR) is 83.4 cm³/mol. The normalized spacial score (nSPS) is 11.7. The van der Waals surface area contributed by atoms with Crippen LogP contribution in [0.4, 0.5) is 0 Å². The van der Waals surface area contributed by atoms with Crippen LogP contribution in [0.25, 0.3) is 0 Å². The lowest BCUT2D eigenvalue weighted by Gasteiger charge is -2.23. The molecule has 0 bridgehead atoms. The molecule has 0 fully saturated rings. The molecule has 0 spiro atoms. The summed E-state index contributed by atoms with van der Waals surface area (Å²) in [5.74, 6) is -4.55. The Labute approximate surface area is 143 Å². The molecule has 8 heteroatoms. The van der Waals surface area contributed by atoms with E-state index < -0.39 is 29.7 Å². The molecule has 0 aliphatic rings. The molecule has 126 valence electrons. The summed E-state index contributed by atoms with van der Waals surface area (Å²) in [7, 11) is 3.47. The van der Waals surface area contributed by atoms with Gasteiger partial charge in [-0.3, -0.25) is 14.4 Å². The van der Waals surface area contributed by atoms with Gasteiger partial charge in [0.1, 0.15) is 0 Å². The Morgan fingerprint density at radius 2 is 1.57 bits per heavy atom. The van der Waals surface area contributed by atoms with Gasteiger partial charge in [0, 0.05) is 16.0 Å². The van der Waals surface area contributed by atoms with Gasteiger partial charge in [0.05, 0.1) is 27.8 Å². The first-order chi connectivity index (χ1) is 10.8. The quantitative estimate of drug-likeness (QED) is 0.439. The van der Waals surface area contributed by atoms with Crippen LogP contribution >= 0.6 is 23.2 Å². The maximum atomic E-state index is 12.0. The number of hydrogen-bond acceptors (Lipinski definition) is 6. The van der Waals surface area contributed by atoms with Crippen molar-refractivity contribution < 1.29 is 28.6 Å². The summed E-state index contributed by atoms with van der Waals surface area (Å²) in [4.78, 5) is 35.8. The molecule has 0 heterocycles.